The molecule has 0 fully saturated rings. The van der Waals surface area contributed by atoms with E-state index in [0.29, 0.717) is 6.42 Å². The van der Waals surface area contributed by atoms with Crippen LogP contribution in [0.25, 0.3) is 11.1 Å². The van der Waals surface area contributed by atoms with Gasteiger partial charge in [-0.1, -0.05) is 85.8 Å². The van der Waals surface area contributed by atoms with E-state index in [1.54, 1.807) is 0 Å². The maximum atomic E-state index is 12.0. The van der Waals surface area contributed by atoms with Gasteiger partial charge in [-0.25, -0.2) is 4.79 Å². The third kappa shape index (κ3) is 6.04. The van der Waals surface area contributed by atoms with E-state index in [1.807, 2.05) is 54.6 Å². The first kappa shape index (κ1) is 20.3. The first-order valence-corrected chi connectivity index (χ1v) is 9.78. The van der Waals surface area contributed by atoms with Crippen molar-refractivity contribution >= 4 is 12.4 Å². The minimum atomic E-state index is -0.632. The number of alkyl carbamates (subject to hydrolysis) is 1. The Morgan fingerprint density at radius 2 is 1.62 bits per heavy atom. The van der Waals surface area contributed by atoms with Crippen molar-refractivity contribution in [1.29, 1.82) is 0 Å². The maximum Gasteiger partial charge on any atom is 0.408 e. The lowest BCUT2D eigenvalue weighted by Crippen LogP contribution is -2.37. The first-order valence-electron chi connectivity index (χ1n) is 9.78. The average molecular weight is 387 g/mol. The van der Waals surface area contributed by atoms with Crippen LogP contribution in [-0.4, -0.2) is 18.4 Å². The van der Waals surface area contributed by atoms with Gasteiger partial charge < -0.3 is 14.8 Å². The van der Waals surface area contributed by atoms with Crippen LogP contribution in [0.1, 0.15) is 23.6 Å². The standard InChI is InChI=1S/C25H25NO3/c1-2-19-9-6-10-23(15-19)22-13-11-20(12-14-22)16-24(17-27)26-25(28)29-18-21-7-4-3-5-8-21/h3-15,17,24H,2,16,18H2,1H3,(H,26,28). The number of hydrogen-bond donors (Lipinski definition) is 1. The van der Waals surface area contributed by atoms with Gasteiger partial charge in [0.2, 0.25) is 0 Å². The number of hydrogen-bond acceptors (Lipinski definition) is 3. The monoisotopic (exact) mass is 387 g/mol. The van der Waals surface area contributed by atoms with Crippen LogP contribution < -0.4 is 5.32 Å². The number of carbonyl (C=O) groups is 2. The van der Waals surface area contributed by atoms with Gasteiger partial charge in [-0.05, 0) is 40.7 Å². The molecule has 3 rings (SSSR count). The van der Waals surface area contributed by atoms with Gasteiger partial charge in [-0.3, -0.25) is 0 Å². The second kappa shape index (κ2) is 10.2. The van der Waals surface area contributed by atoms with E-state index in [9.17, 15) is 9.59 Å². The fourth-order valence-electron chi connectivity index (χ4n) is 3.11. The quantitative estimate of drug-likeness (QED) is 0.556. The van der Waals surface area contributed by atoms with Crippen LogP contribution in [0.3, 0.4) is 0 Å². The van der Waals surface area contributed by atoms with Crippen LogP contribution >= 0.6 is 0 Å². The van der Waals surface area contributed by atoms with E-state index in [1.165, 1.54) is 11.1 Å². The van der Waals surface area contributed by atoms with E-state index in [4.69, 9.17) is 4.74 Å². The Labute approximate surface area is 171 Å². The Bertz CT molecular complexity index is 936. The summed E-state index contributed by atoms with van der Waals surface area (Å²) in [6.45, 7) is 2.31. The van der Waals surface area contributed by atoms with Crippen molar-refractivity contribution in [2.24, 2.45) is 0 Å². The largest absolute Gasteiger partial charge is 0.445 e. The predicted octanol–water partition coefficient (Wildman–Crippen LogP) is 4.95. The summed E-state index contributed by atoms with van der Waals surface area (Å²) in [5, 5.41) is 2.62. The molecule has 1 unspecified atom stereocenters. The molecule has 0 saturated heterocycles. The van der Waals surface area contributed by atoms with Crippen molar-refractivity contribution in [3.05, 3.63) is 95.6 Å². The summed E-state index contributed by atoms with van der Waals surface area (Å²) >= 11 is 0. The Balaban J connectivity index is 1.56. The summed E-state index contributed by atoms with van der Waals surface area (Å²) < 4.78 is 5.19. The van der Waals surface area contributed by atoms with E-state index in [0.717, 1.165) is 29.4 Å². The lowest BCUT2D eigenvalue weighted by molar-refractivity contribution is -0.109. The molecule has 0 aromatic heterocycles. The van der Waals surface area contributed by atoms with Gasteiger partial charge in [0.25, 0.3) is 0 Å². The second-order valence-electron chi connectivity index (χ2n) is 6.90. The number of aldehydes is 1. The van der Waals surface area contributed by atoms with E-state index < -0.39 is 12.1 Å². The van der Waals surface area contributed by atoms with Gasteiger partial charge in [0.15, 0.2) is 0 Å². The zero-order valence-electron chi connectivity index (χ0n) is 16.5. The van der Waals surface area contributed by atoms with Crippen molar-refractivity contribution in [3.63, 3.8) is 0 Å². The minimum absolute atomic E-state index is 0.170. The fourth-order valence-corrected chi connectivity index (χ4v) is 3.11. The third-order valence-corrected chi connectivity index (χ3v) is 4.76. The zero-order chi connectivity index (χ0) is 20.5. The summed E-state index contributed by atoms with van der Waals surface area (Å²) in [4.78, 5) is 23.4. The lowest BCUT2D eigenvalue weighted by Gasteiger charge is -2.13. The Kier molecular flexibility index (Phi) is 7.17. The van der Waals surface area contributed by atoms with Crippen molar-refractivity contribution in [1.82, 2.24) is 5.32 Å². The highest BCUT2D eigenvalue weighted by molar-refractivity contribution is 5.73. The molecule has 0 saturated carbocycles. The number of benzene rings is 3. The molecule has 29 heavy (non-hydrogen) atoms. The number of ether oxygens (including phenoxy) is 1. The Hall–Kier alpha value is -3.40. The molecule has 0 aliphatic carbocycles. The van der Waals surface area contributed by atoms with Gasteiger partial charge in [0.1, 0.15) is 12.9 Å². The molecule has 0 aliphatic heterocycles. The number of carbonyl (C=O) groups excluding carboxylic acids is 2. The summed E-state index contributed by atoms with van der Waals surface area (Å²) in [6.07, 6.45) is 1.56. The molecule has 0 aliphatic rings. The van der Waals surface area contributed by atoms with Crippen molar-refractivity contribution in [2.45, 2.75) is 32.4 Å². The lowest BCUT2D eigenvalue weighted by atomic mass is 9.99. The van der Waals surface area contributed by atoms with Crippen LogP contribution in [0.4, 0.5) is 4.79 Å². The number of amides is 1. The molecule has 4 nitrogen and oxygen atoms in total. The second-order valence-corrected chi connectivity index (χ2v) is 6.90. The van der Waals surface area contributed by atoms with Gasteiger partial charge in [-0.15, -0.1) is 0 Å². The van der Waals surface area contributed by atoms with Gasteiger partial charge in [0, 0.05) is 0 Å². The molecule has 1 amide bonds. The van der Waals surface area contributed by atoms with Crippen LogP contribution in [0, 0.1) is 0 Å². The fraction of sp³-hybridized carbons (Fsp3) is 0.200. The maximum absolute atomic E-state index is 12.0. The van der Waals surface area contributed by atoms with Gasteiger partial charge >= 0.3 is 6.09 Å². The summed E-state index contributed by atoms with van der Waals surface area (Å²) in [7, 11) is 0. The molecule has 148 valence electrons. The molecule has 0 radical (unpaired) electrons. The SMILES string of the molecule is CCc1cccc(-c2ccc(CC(C=O)NC(=O)OCc3ccccc3)cc2)c1. The topological polar surface area (TPSA) is 55.4 Å². The molecular formula is C25H25NO3. The van der Waals surface area contributed by atoms with Gasteiger partial charge in [0.05, 0.1) is 6.04 Å². The smallest absolute Gasteiger partial charge is 0.408 e. The highest BCUT2D eigenvalue weighted by atomic mass is 16.5. The molecule has 3 aromatic rings. The number of rotatable bonds is 8. The highest BCUT2D eigenvalue weighted by Crippen LogP contribution is 2.21. The molecule has 3 aromatic carbocycles. The minimum Gasteiger partial charge on any atom is -0.445 e. The van der Waals surface area contributed by atoms with Gasteiger partial charge in [-0.2, -0.15) is 0 Å². The molecule has 4 heteroatoms. The zero-order valence-corrected chi connectivity index (χ0v) is 16.5. The van der Waals surface area contributed by atoms with Crippen molar-refractivity contribution in [2.75, 3.05) is 0 Å². The average Bonchev–Trinajstić information content (AvgIpc) is 2.78. The van der Waals surface area contributed by atoms with E-state index in [2.05, 4.69) is 36.5 Å². The molecule has 0 heterocycles. The summed E-state index contributed by atoms with van der Waals surface area (Å²) in [5.41, 5.74) is 5.46. The molecule has 1 atom stereocenters. The summed E-state index contributed by atoms with van der Waals surface area (Å²) in [5.74, 6) is 0. The first-order chi connectivity index (χ1) is 14.2. The molecule has 0 spiro atoms. The van der Waals surface area contributed by atoms with Crippen LogP contribution in [-0.2, 0) is 29.0 Å². The van der Waals surface area contributed by atoms with Crippen LogP contribution in [0.5, 0.6) is 0 Å². The van der Waals surface area contributed by atoms with E-state index in [-0.39, 0.29) is 6.61 Å². The molecule has 1 N–H and O–H groups in total. The predicted molar refractivity (Wildman–Crippen MR) is 115 cm³/mol. The normalized spacial score (nSPS) is 11.5. The molecule has 0 bridgehead atoms. The van der Waals surface area contributed by atoms with Crippen LogP contribution in [0.2, 0.25) is 0 Å². The van der Waals surface area contributed by atoms with E-state index >= 15 is 0 Å². The Morgan fingerprint density at radius 3 is 2.31 bits per heavy atom. The third-order valence-electron chi connectivity index (χ3n) is 4.76. The van der Waals surface area contributed by atoms with Crippen molar-refractivity contribution < 1.29 is 14.3 Å². The van der Waals surface area contributed by atoms with Crippen molar-refractivity contribution in [3.8, 4) is 11.1 Å². The highest BCUT2D eigenvalue weighted by Gasteiger charge is 2.13. The number of nitrogens with one attached hydrogen (secondary N) is 1. The van der Waals surface area contributed by atoms with Crippen LogP contribution in [0.15, 0.2) is 78.9 Å². The number of aryl methyl sites for hydroxylation is 1. The Morgan fingerprint density at radius 1 is 0.897 bits per heavy atom. The summed E-state index contributed by atoms with van der Waals surface area (Å²) in [6, 6.07) is 25.3. The molecular weight excluding hydrogens is 362 g/mol.